The number of amides is 1. The number of benzene rings is 2. The van der Waals surface area contributed by atoms with E-state index < -0.39 is 6.10 Å². The Morgan fingerprint density at radius 2 is 1.81 bits per heavy atom. The van der Waals surface area contributed by atoms with Crippen LogP contribution in [0.4, 0.5) is 0 Å². The summed E-state index contributed by atoms with van der Waals surface area (Å²) in [4.78, 5) is 12.0. The number of hydrogen-bond donors (Lipinski definition) is 1. The number of rotatable bonds is 6. The molecule has 0 spiro atoms. The van der Waals surface area contributed by atoms with Crippen LogP contribution in [0.5, 0.6) is 5.75 Å². The van der Waals surface area contributed by atoms with Gasteiger partial charge in [-0.15, -0.1) is 0 Å². The lowest BCUT2D eigenvalue weighted by atomic mass is 10.1. The standard InChI is InChI=1S/C17H18ClNO2/c1-13(21-15-8-3-2-4-9-15)17(20)19-12-11-14-7-5-6-10-16(14)18/h2-10,13H,11-12H2,1H3,(H,19,20). The van der Waals surface area contributed by atoms with Gasteiger partial charge in [0.25, 0.3) is 5.91 Å². The van der Waals surface area contributed by atoms with Crippen LogP contribution in [0, 0.1) is 0 Å². The zero-order chi connectivity index (χ0) is 15.1. The lowest BCUT2D eigenvalue weighted by molar-refractivity contribution is -0.127. The van der Waals surface area contributed by atoms with Crippen LogP contribution in [0.1, 0.15) is 12.5 Å². The Labute approximate surface area is 129 Å². The maximum atomic E-state index is 12.0. The molecule has 0 bridgehead atoms. The van der Waals surface area contributed by atoms with E-state index in [1.807, 2.05) is 54.6 Å². The monoisotopic (exact) mass is 303 g/mol. The summed E-state index contributed by atoms with van der Waals surface area (Å²) in [5.41, 5.74) is 1.02. The van der Waals surface area contributed by atoms with Crippen LogP contribution in [-0.2, 0) is 11.2 Å². The molecule has 1 amide bonds. The first-order valence-electron chi connectivity index (χ1n) is 6.89. The molecule has 0 aromatic heterocycles. The lowest BCUT2D eigenvalue weighted by Crippen LogP contribution is -2.37. The predicted octanol–water partition coefficient (Wildman–Crippen LogP) is 3.47. The maximum absolute atomic E-state index is 12.0. The van der Waals surface area contributed by atoms with Gasteiger partial charge in [0.1, 0.15) is 5.75 Å². The molecular formula is C17H18ClNO2. The van der Waals surface area contributed by atoms with Crippen molar-refractivity contribution < 1.29 is 9.53 Å². The molecule has 1 N–H and O–H groups in total. The summed E-state index contributed by atoms with van der Waals surface area (Å²) in [6.45, 7) is 2.27. The van der Waals surface area contributed by atoms with Gasteiger partial charge in [0.15, 0.2) is 6.10 Å². The third-order valence-corrected chi connectivity index (χ3v) is 3.45. The highest BCUT2D eigenvalue weighted by Crippen LogP contribution is 2.15. The molecule has 0 radical (unpaired) electrons. The van der Waals surface area contributed by atoms with E-state index in [0.717, 1.165) is 10.6 Å². The zero-order valence-electron chi connectivity index (χ0n) is 11.9. The fourth-order valence-corrected chi connectivity index (χ4v) is 2.15. The molecule has 1 atom stereocenters. The Morgan fingerprint density at radius 1 is 1.14 bits per heavy atom. The summed E-state index contributed by atoms with van der Waals surface area (Å²) in [6, 6.07) is 16.9. The van der Waals surface area contributed by atoms with E-state index >= 15 is 0 Å². The van der Waals surface area contributed by atoms with E-state index in [9.17, 15) is 4.79 Å². The Balaban J connectivity index is 1.78. The maximum Gasteiger partial charge on any atom is 0.260 e. The molecule has 0 aliphatic rings. The van der Waals surface area contributed by atoms with Crippen molar-refractivity contribution in [1.29, 1.82) is 0 Å². The molecule has 0 fully saturated rings. The Morgan fingerprint density at radius 3 is 2.52 bits per heavy atom. The number of carbonyl (C=O) groups excluding carboxylic acids is 1. The van der Waals surface area contributed by atoms with Crippen molar-refractivity contribution in [3.05, 3.63) is 65.2 Å². The Bertz CT molecular complexity index is 586. The number of para-hydroxylation sites is 1. The number of nitrogens with one attached hydrogen (secondary N) is 1. The van der Waals surface area contributed by atoms with Crippen LogP contribution >= 0.6 is 11.6 Å². The quantitative estimate of drug-likeness (QED) is 0.887. The lowest BCUT2D eigenvalue weighted by Gasteiger charge is -2.14. The van der Waals surface area contributed by atoms with Crippen molar-refractivity contribution >= 4 is 17.5 Å². The topological polar surface area (TPSA) is 38.3 Å². The third-order valence-electron chi connectivity index (χ3n) is 3.08. The van der Waals surface area contributed by atoms with E-state index in [0.29, 0.717) is 18.7 Å². The van der Waals surface area contributed by atoms with Crippen molar-refractivity contribution in [2.24, 2.45) is 0 Å². The first kappa shape index (κ1) is 15.4. The van der Waals surface area contributed by atoms with E-state index in [1.54, 1.807) is 6.92 Å². The molecule has 2 rings (SSSR count). The minimum absolute atomic E-state index is 0.133. The second-order valence-corrected chi connectivity index (χ2v) is 5.11. The molecular weight excluding hydrogens is 286 g/mol. The van der Waals surface area contributed by atoms with Gasteiger partial charge in [-0.1, -0.05) is 48.0 Å². The van der Waals surface area contributed by atoms with Gasteiger partial charge in [-0.05, 0) is 37.1 Å². The van der Waals surface area contributed by atoms with Crippen molar-refractivity contribution in [1.82, 2.24) is 5.32 Å². The van der Waals surface area contributed by atoms with E-state index in [1.165, 1.54) is 0 Å². The second kappa shape index (κ2) is 7.70. The number of hydrogen-bond acceptors (Lipinski definition) is 2. The fourth-order valence-electron chi connectivity index (χ4n) is 1.92. The molecule has 110 valence electrons. The van der Waals surface area contributed by atoms with Gasteiger partial charge in [-0.3, -0.25) is 4.79 Å². The molecule has 2 aromatic carbocycles. The molecule has 0 aliphatic heterocycles. The molecule has 1 unspecified atom stereocenters. The van der Waals surface area contributed by atoms with Crippen LogP contribution in [0.15, 0.2) is 54.6 Å². The SMILES string of the molecule is CC(Oc1ccccc1)C(=O)NCCc1ccccc1Cl. The van der Waals surface area contributed by atoms with Crippen LogP contribution in [0.3, 0.4) is 0 Å². The minimum Gasteiger partial charge on any atom is -0.481 e. The van der Waals surface area contributed by atoms with E-state index in [2.05, 4.69) is 5.32 Å². The zero-order valence-corrected chi connectivity index (χ0v) is 12.6. The largest absolute Gasteiger partial charge is 0.481 e. The van der Waals surface area contributed by atoms with Crippen LogP contribution in [-0.4, -0.2) is 18.6 Å². The van der Waals surface area contributed by atoms with Crippen molar-refractivity contribution in [2.75, 3.05) is 6.54 Å². The molecule has 0 saturated heterocycles. The van der Waals surface area contributed by atoms with Gasteiger partial charge < -0.3 is 10.1 Å². The first-order valence-corrected chi connectivity index (χ1v) is 7.27. The summed E-state index contributed by atoms with van der Waals surface area (Å²) in [5.74, 6) is 0.553. The second-order valence-electron chi connectivity index (χ2n) is 4.71. The molecule has 21 heavy (non-hydrogen) atoms. The van der Waals surface area contributed by atoms with Crippen molar-refractivity contribution in [3.8, 4) is 5.75 Å². The summed E-state index contributed by atoms with van der Waals surface area (Å²) >= 11 is 6.07. The molecule has 4 heteroatoms. The number of ether oxygens (including phenoxy) is 1. The van der Waals surface area contributed by atoms with Crippen LogP contribution < -0.4 is 10.1 Å². The predicted molar refractivity (Wildman–Crippen MR) is 84.7 cm³/mol. The highest BCUT2D eigenvalue weighted by molar-refractivity contribution is 6.31. The Hall–Kier alpha value is -2.00. The molecule has 3 nitrogen and oxygen atoms in total. The summed E-state index contributed by atoms with van der Waals surface area (Å²) in [5, 5.41) is 3.58. The van der Waals surface area contributed by atoms with Gasteiger partial charge in [0.2, 0.25) is 0 Å². The van der Waals surface area contributed by atoms with Gasteiger partial charge in [0.05, 0.1) is 0 Å². The average molecular weight is 304 g/mol. The Kier molecular flexibility index (Phi) is 5.64. The van der Waals surface area contributed by atoms with Crippen molar-refractivity contribution in [3.63, 3.8) is 0 Å². The summed E-state index contributed by atoms with van der Waals surface area (Å²) in [7, 11) is 0. The summed E-state index contributed by atoms with van der Waals surface area (Å²) < 4.78 is 5.56. The first-order chi connectivity index (χ1) is 10.2. The highest BCUT2D eigenvalue weighted by Gasteiger charge is 2.13. The minimum atomic E-state index is -0.529. The normalized spacial score (nSPS) is 11.7. The average Bonchev–Trinajstić information content (AvgIpc) is 2.50. The van der Waals surface area contributed by atoms with E-state index in [-0.39, 0.29) is 5.91 Å². The molecule has 0 aliphatic carbocycles. The third kappa shape index (κ3) is 4.80. The van der Waals surface area contributed by atoms with Gasteiger partial charge in [-0.25, -0.2) is 0 Å². The fraction of sp³-hybridized carbons (Fsp3) is 0.235. The van der Waals surface area contributed by atoms with E-state index in [4.69, 9.17) is 16.3 Å². The van der Waals surface area contributed by atoms with Gasteiger partial charge in [-0.2, -0.15) is 0 Å². The smallest absolute Gasteiger partial charge is 0.260 e. The number of carbonyl (C=O) groups is 1. The molecule has 0 heterocycles. The molecule has 0 saturated carbocycles. The van der Waals surface area contributed by atoms with Crippen LogP contribution in [0.25, 0.3) is 0 Å². The van der Waals surface area contributed by atoms with Gasteiger partial charge in [0, 0.05) is 11.6 Å². The molecule has 2 aromatic rings. The summed E-state index contributed by atoms with van der Waals surface area (Å²) in [6.07, 6.45) is 0.169. The highest BCUT2D eigenvalue weighted by atomic mass is 35.5. The van der Waals surface area contributed by atoms with Crippen molar-refractivity contribution in [2.45, 2.75) is 19.4 Å². The number of halogens is 1. The van der Waals surface area contributed by atoms with Crippen LogP contribution in [0.2, 0.25) is 5.02 Å². The van der Waals surface area contributed by atoms with Gasteiger partial charge >= 0.3 is 0 Å².